The molecule has 27 heavy (non-hydrogen) atoms. The van der Waals surface area contributed by atoms with Crippen molar-refractivity contribution in [3.05, 3.63) is 65.9 Å². The summed E-state index contributed by atoms with van der Waals surface area (Å²) in [7, 11) is 0. The van der Waals surface area contributed by atoms with Gasteiger partial charge in [0.1, 0.15) is 0 Å². The molecule has 0 unspecified atom stereocenters. The van der Waals surface area contributed by atoms with E-state index in [1.54, 1.807) is 6.07 Å². The lowest BCUT2D eigenvalue weighted by Gasteiger charge is -2.16. The average Bonchev–Trinajstić information content (AvgIpc) is 3.27. The molecule has 1 aromatic heterocycles. The maximum atomic E-state index is 12.7. The van der Waals surface area contributed by atoms with Crippen LogP contribution < -0.4 is 5.32 Å². The van der Waals surface area contributed by atoms with E-state index in [0.29, 0.717) is 18.5 Å². The van der Waals surface area contributed by atoms with Gasteiger partial charge in [0.15, 0.2) is 0 Å². The molecule has 0 spiro atoms. The number of hydrogen-bond acceptors (Lipinski definition) is 2. The minimum Gasteiger partial charge on any atom is -0.348 e. The summed E-state index contributed by atoms with van der Waals surface area (Å²) < 4.78 is 2.17. The summed E-state index contributed by atoms with van der Waals surface area (Å²) in [4.78, 5) is 26.3. The van der Waals surface area contributed by atoms with Crippen molar-refractivity contribution in [2.45, 2.75) is 32.9 Å². The van der Waals surface area contributed by atoms with E-state index in [2.05, 4.69) is 29.1 Å². The summed E-state index contributed by atoms with van der Waals surface area (Å²) >= 11 is 0. The van der Waals surface area contributed by atoms with Gasteiger partial charge in [-0.25, -0.2) is 0 Å². The summed E-state index contributed by atoms with van der Waals surface area (Å²) in [6.45, 7) is 4.39. The highest BCUT2D eigenvalue weighted by Crippen LogP contribution is 2.21. The molecule has 5 heteroatoms. The molecule has 1 saturated heterocycles. The number of nitrogens with one attached hydrogen (secondary N) is 1. The largest absolute Gasteiger partial charge is 0.348 e. The van der Waals surface area contributed by atoms with Gasteiger partial charge in [-0.15, -0.1) is 0 Å². The number of nitrogens with zero attached hydrogens (tertiary/aromatic N) is 2. The molecular formula is C22H23N3O2. The zero-order valence-corrected chi connectivity index (χ0v) is 15.4. The van der Waals surface area contributed by atoms with Crippen LogP contribution in [0.3, 0.4) is 0 Å². The fraction of sp³-hybridized carbons (Fsp3) is 0.273. The SMILES string of the molecule is CCn1ccc2cc(NC(=O)c3cccc(CN4CCCC4=O)c3)ccc21. The smallest absolute Gasteiger partial charge is 0.255 e. The summed E-state index contributed by atoms with van der Waals surface area (Å²) in [5, 5.41) is 4.09. The predicted octanol–water partition coefficient (Wildman–Crippen LogP) is 4.04. The Hall–Kier alpha value is -3.08. The quantitative estimate of drug-likeness (QED) is 0.746. The van der Waals surface area contributed by atoms with Crippen LogP contribution in [0.5, 0.6) is 0 Å². The van der Waals surface area contributed by atoms with E-state index < -0.39 is 0 Å². The van der Waals surface area contributed by atoms with Crippen molar-refractivity contribution in [1.82, 2.24) is 9.47 Å². The highest BCUT2D eigenvalue weighted by Gasteiger charge is 2.20. The summed E-state index contributed by atoms with van der Waals surface area (Å²) in [6, 6.07) is 15.5. The number of likely N-dealkylation sites (tertiary alicyclic amines) is 1. The molecule has 138 valence electrons. The Bertz CT molecular complexity index is 1010. The highest BCUT2D eigenvalue weighted by molar-refractivity contribution is 6.05. The minimum atomic E-state index is -0.140. The normalized spacial score (nSPS) is 14.1. The fourth-order valence-electron chi connectivity index (χ4n) is 3.66. The molecular weight excluding hydrogens is 338 g/mol. The Balaban J connectivity index is 1.49. The molecule has 1 aliphatic heterocycles. The minimum absolute atomic E-state index is 0.140. The van der Waals surface area contributed by atoms with Gasteiger partial charge in [-0.1, -0.05) is 12.1 Å². The molecule has 0 aliphatic carbocycles. The Morgan fingerprint density at radius 3 is 2.81 bits per heavy atom. The number of carbonyl (C=O) groups is 2. The number of carbonyl (C=O) groups excluding carboxylic acids is 2. The molecule has 0 radical (unpaired) electrons. The van der Waals surface area contributed by atoms with Crippen LogP contribution in [-0.2, 0) is 17.9 Å². The van der Waals surface area contributed by atoms with E-state index in [-0.39, 0.29) is 11.8 Å². The van der Waals surface area contributed by atoms with Gasteiger partial charge in [0.25, 0.3) is 5.91 Å². The first kappa shape index (κ1) is 17.3. The first-order valence-corrected chi connectivity index (χ1v) is 9.41. The predicted molar refractivity (Wildman–Crippen MR) is 107 cm³/mol. The fourth-order valence-corrected chi connectivity index (χ4v) is 3.66. The standard InChI is InChI=1S/C22H23N3O2/c1-2-24-12-10-17-14-19(8-9-20(17)24)23-22(27)18-6-3-5-16(13-18)15-25-11-4-7-21(25)26/h3,5-6,8-10,12-14H,2,4,7,11,15H2,1H3,(H,23,27). The van der Waals surface area contributed by atoms with Crippen molar-refractivity contribution in [2.75, 3.05) is 11.9 Å². The van der Waals surface area contributed by atoms with E-state index in [9.17, 15) is 9.59 Å². The van der Waals surface area contributed by atoms with Gasteiger partial charge in [-0.05, 0) is 55.3 Å². The maximum absolute atomic E-state index is 12.7. The Morgan fingerprint density at radius 2 is 2.04 bits per heavy atom. The molecule has 1 fully saturated rings. The molecule has 2 aromatic carbocycles. The van der Waals surface area contributed by atoms with E-state index in [0.717, 1.165) is 41.7 Å². The molecule has 5 nitrogen and oxygen atoms in total. The van der Waals surface area contributed by atoms with Crippen molar-refractivity contribution >= 4 is 28.4 Å². The number of aromatic nitrogens is 1. The van der Waals surface area contributed by atoms with Gasteiger partial charge in [0.05, 0.1) is 0 Å². The van der Waals surface area contributed by atoms with Crippen LogP contribution in [0, 0.1) is 0 Å². The molecule has 4 rings (SSSR count). The Kier molecular flexibility index (Phi) is 4.67. The average molecular weight is 361 g/mol. The van der Waals surface area contributed by atoms with Crippen molar-refractivity contribution in [3.63, 3.8) is 0 Å². The first-order chi connectivity index (χ1) is 13.1. The molecule has 2 heterocycles. The summed E-state index contributed by atoms with van der Waals surface area (Å²) in [6.07, 6.45) is 3.60. The lowest BCUT2D eigenvalue weighted by Crippen LogP contribution is -2.24. The van der Waals surface area contributed by atoms with Crippen LogP contribution >= 0.6 is 0 Å². The van der Waals surface area contributed by atoms with Gasteiger partial charge in [0.2, 0.25) is 5.91 Å². The van der Waals surface area contributed by atoms with Crippen LogP contribution in [0.15, 0.2) is 54.7 Å². The Morgan fingerprint density at radius 1 is 1.15 bits per heavy atom. The maximum Gasteiger partial charge on any atom is 0.255 e. The number of amides is 2. The molecule has 1 N–H and O–H groups in total. The van der Waals surface area contributed by atoms with Crippen molar-refractivity contribution in [1.29, 1.82) is 0 Å². The highest BCUT2D eigenvalue weighted by atomic mass is 16.2. The second kappa shape index (κ2) is 7.27. The number of rotatable bonds is 5. The van der Waals surface area contributed by atoms with E-state index in [1.165, 1.54) is 0 Å². The van der Waals surface area contributed by atoms with Crippen molar-refractivity contribution in [3.8, 4) is 0 Å². The molecule has 0 saturated carbocycles. The third kappa shape index (κ3) is 3.58. The van der Waals surface area contributed by atoms with Crippen LogP contribution in [0.1, 0.15) is 35.7 Å². The lowest BCUT2D eigenvalue weighted by atomic mass is 10.1. The summed E-state index contributed by atoms with van der Waals surface area (Å²) in [5.74, 6) is 0.0519. The van der Waals surface area contributed by atoms with Gasteiger partial charge in [-0.3, -0.25) is 9.59 Å². The van der Waals surface area contributed by atoms with E-state index in [4.69, 9.17) is 0 Å². The molecule has 2 amide bonds. The Labute approximate surface area is 158 Å². The van der Waals surface area contributed by atoms with E-state index in [1.807, 2.05) is 41.3 Å². The topological polar surface area (TPSA) is 54.3 Å². The monoisotopic (exact) mass is 361 g/mol. The van der Waals surface area contributed by atoms with Gasteiger partial charge >= 0.3 is 0 Å². The third-order valence-corrected chi connectivity index (χ3v) is 5.10. The van der Waals surface area contributed by atoms with Crippen molar-refractivity contribution in [2.24, 2.45) is 0 Å². The third-order valence-electron chi connectivity index (χ3n) is 5.10. The summed E-state index contributed by atoms with van der Waals surface area (Å²) in [5.41, 5.74) is 3.52. The molecule has 1 aliphatic rings. The first-order valence-electron chi connectivity index (χ1n) is 9.41. The molecule has 0 atom stereocenters. The van der Waals surface area contributed by atoms with Gasteiger partial charge in [-0.2, -0.15) is 0 Å². The number of fused-ring (bicyclic) bond motifs is 1. The second-order valence-electron chi connectivity index (χ2n) is 6.95. The van der Waals surface area contributed by atoms with Crippen LogP contribution in [0.2, 0.25) is 0 Å². The number of anilines is 1. The van der Waals surface area contributed by atoms with Gasteiger partial charge in [0, 0.05) is 54.4 Å². The number of aryl methyl sites for hydroxylation is 1. The van der Waals surface area contributed by atoms with Crippen LogP contribution in [0.4, 0.5) is 5.69 Å². The zero-order chi connectivity index (χ0) is 18.8. The van der Waals surface area contributed by atoms with Crippen molar-refractivity contribution < 1.29 is 9.59 Å². The zero-order valence-electron chi connectivity index (χ0n) is 15.4. The number of benzene rings is 2. The molecule has 3 aromatic rings. The lowest BCUT2D eigenvalue weighted by molar-refractivity contribution is -0.128. The second-order valence-corrected chi connectivity index (χ2v) is 6.95. The van der Waals surface area contributed by atoms with Crippen LogP contribution in [-0.4, -0.2) is 27.8 Å². The number of hydrogen-bond donors (Lipinski definition) is 1. The van der Waals surface area contributed by atoms with E-state index >= 15 is 0 Å². The van der Waals surface area contributed by atoms with Gasteiger partial charge < -0.3 is 14.8 Å². The van der Waals surface area contributed by atoms with Crippen LogP contribution in [0.25, 0.3) is 10.9 Å². The molecule has 0 bridgehead atoms.